The molecule has 0 aromatic carbocycles. The van der Waals surface area contributed by atoms with Crippen LogP contribution in [0.5, 0.6) is 0 Å². The quantitative estimate of drug-likeness (QED) is 0.288. The smallest absolute Gasteiger partial charge is 0.303 e. The zero-order chi connectivity index (χ0) is 20.8. The van der Waals surface area contributed by atoms with Crippen molar-refractivity contribution in [1.82, 2.24) is 0 Å². The van der Waals surface area contributed by atoms with Crippen molar-refractivity contribution in [2.24, 2.45) is 11.8 Å². The van der Waals surface area contributed by atoms with Gasteiger partial charge in [-0.2, -0.15) is 0 Å². The van der Waals surface area contributed by atoms with Crippen molar-refractivity contribution in [2.75, 3.05) is 0 Å². The Morgan fingerprint density at radius 3 is 2.44 bits per heavy atom. The Balaban J connectivity index is 2.95. The zero-order valence-corrected chi connectivity index (χ0v) is 18.9. The van der Waals surface area contributed by atoms with Gasteiger partial charge in [0, 0.05) is 11.8 Å². The molecule has 1 aliphatic carbocycles. The van der Waals surface area contributed by atoms with E-state index in [4.69, 9.17) is 4.43 Å². The van der Waals surface area contributed by atoms with Crippen LogP contribution in [0, 0.1) is 11.8 Å². The number of carboxylic acids is 1. The third-order valence-corrected chi connectivity index (χ3v) is 10.7. The first kappa shape index (κ1) is 24.3. The SMILES string of the molecule is CCCCC[C@H](O)C=C[C@H]1[C@H](CC(=O)O)[C@H](O)C[C@@H]1O[Si](C)(C)C(C)(C)C. The van der Waals surface area contributed by atoms with Gasteiger partial charge in [0.1, 0.15) is 0 Å². The average Bonchev–Trinajstić information content (AvgIpc) is 2.78. The Kier molecular flexibility index (Phi) is 9.19. The lowest BCUT2D eigenvalue weighted by Gasteiger charge is -2.39. The molecule has 0 amide bonds. The molecule has 1 rings (SSSR count). The van der Waals surface area contributed by atoms with Gasteiger partial charge in [-0.3, -0.25) is 4.79 Å². The molecule has 0 heterocycles. The van der Waals surface area contributed by atoms with Crippen molar-refractivity contribution >= 4 is 14.3 Å². The summed E-state index contributed by atoms with van der Waals surface area (Å²) < 4.78 is 6.54. The van der Waals surface area contributed by atoms with Crippen LogP contribution in [-0.2, 0) is 9.22 Å². The summed E-state index contributed by atoms with van der Waals surface area (Å²) >= 11 is 0. The molecular formula is C21H40O5Si. The minimum atomic E-state index is -2.05. The minimum Gasteiger partial charge on any atom is -0.481 e. The summed E-state index contributed by atoms with van der Waals surface area (Å²) in [5.74, 6) is -1.48. The second-order valence-corrected chi connectivity index (χ2v) is 14.3. The normalized spacial score (nSPS) is 28.0. The summed E-state index contributed by atoms with van der Waals surface area (Å²) in [5, 5.41) is 30.0. The number of unbranched alkanes of at least 4 members (excludes halogenated alkanes) is 2. The maximum absolute atomic E-state index is 11.3. The van der Waals surface area contributed by atoms with E-state index in [-0.39, 0.29) is 29.4 Å². The number of aliphatic hydroxyl groups is 2. The van der Waals surface area contributed by atoms with Crippen LogP contribution >= 0.6 is 0 Å². The predicted octanol–water partition coefficient (Wildman–Crippen LogP) is 4.35. The van der Waals surface area contributed by atoms with E-state index in [1.807, 2.05) is 6.08 Å². The van der Waals surface area contributed by atoms with Crippen LogP contribution in [0.1, 0.15) is 66.2 Å². The van der Waals surface area contributed by atoms with Gasteiger partial charge < -0.3 is 19.7 Å². The van der Waals surface area contributed by atoms with E-state index in [1.165, 1.54) is 0 Å². The summed E-state index contributed by atoms with van der Waals surface area (Å²) in [7, 11) is -2.05. The molecule has 0 radical (unpaired) electrons. The van der Waals surface area contributed by atoms with Crippen LogP contribution in [0.25, 0.3) is 0 Å². The molecule has 0 bridgehead atoms. The van der Waals surface area contributed by atoms with Crippen LogP contribution < -0.4 is 0 Å². The zero-order valence-electron chi connectivity index (χ0n) is 17.9. The molecular weight excluding hydrogens is 360 g/mol. The number of aliphatic hydroxyl groups excluding tert-OH is 2. The van der Waals surface area contributed by atoms with Gasteiger partial charge in [-0.1, -0.05) is 59.1 Å². The number of rotatable bonds is 10. The van der Waals surface area contributed by atoms with Crippen LogP contribution in [0.4, 0.5) is 0 Å². The van der Waals surface area contributed by atoms with E-state index in [1.54, 1.807) is 6.08 Å². The van der Waals surface area contributed by atoms with Gasteiger partial charge in [-0.25, -0.2) is 0 Å². The standard InChI is InChI=1S/C21H40O5Si/c1-7-8-9-10-15(22)11-12-16-17(13-20(24)25)18(23)14-19(16)26-27(5,6)21(2,3)4/h11-12,15-19,22-23H,7-10,13-14H2,1-6H3,(H,24,25)/t15-,16-,17-,18+,19-/m0/s1. The molecule has 0 unspecified atom stereocenters. The van der Waals surface area contributed by atoms with Crippen molar-refractivity contribution in [3.05, 3.63) is 12.2 Å². The first-order valence-electron chi connectivity index (χ1n) is 10.3. The van der Waals surface area contributed by atoms with Crippen LogP contribution in [-0.4, -0.2) is 47.9 Å². The predicted molar refractivity (Wildman–Crippen MR) is 111 cm³/mol. The Labute approximate surface area is 166 Å². The minimum absolute atomic E-state index is 0.0385. The fourth-order valence-corrected chi connectivity index (χ4v) is 4.84. The maximum Gasteiger partial charge on any atom is 0.303 e. The molecule has 1 aliphatic rings. The van der Waals surface area contributed by atoms with Crippen molar-refractivity contribution in [3.63, 3.8) is 0 Å². The van der Waals surface area contributed by atoms with E-state index in [2.05, 4.69) is 40.8 Å². The molecule has 0 aromatic heterocycles. The first-order chi connectivity index (χ1) is 12.4. The fourth-order valence-electron chi connectivity index (χ4n) is 3.48. The number of hydrogen-bond acceptors (Lipinski definition) is 4. The molecule has 1 saturated carbocycles. The van der Waals surface area contributed by atoms with Gasteiger partial charge in [0.15, 0.2) is 8.32 Å². The van der Waals surface area contributed by atoms with Crippen LogP contribution in [0.3, 0.4) is 0 Å². The van der Waals surface area contributed by atoms with Crippen molar-refractivity contribution in [3.8, 4) is 0 Å². The molecule has 0 aromatic rings. The Morgan fingerprint density at radius 1 is 1.30 bits per heavy atom. The van der Waals surface area contributed by atoms with Crippen molar-refractivity contribution in [2.45, 2.75) is 103 Å². The van der Waals surface area contributed by atoms with Gasteiger partial charge in [0.05, 0.1) is 24.7 Å². The lowest BCUT2D eigenvalue weighted by molar-refractivity contribution is -0.139. The van der Waals surface area contributed by atoms with E-state index < -0.39 is 26.5 Å². The highest BCUT2D eigenvalue weighted by Crippen LogP contribution is 2.44. The van der Waals surface area contributed by atoms with Crippen molar-refractivity contribution in [1.29, 1.82) is 0 Å². The molecule has 6 heteroatoms. The highest BCUT2D eigenvalue weighted by molar-refractivity contribution is 6.74. The number of aliphatic carboxylic acids is 1. The highest BCUT2D eigenvalue weighted by atomic mass is 28.4. The largest absolute Gasteiger partial charge is 0.481 e. The Bertz CT molecular complexity index is 497. The summed E-state index contributed by atoms with van der Waals surface area (Å²) in [4.78, 5) is 11.3. The second kappa shape index (κ2) is 10.2. The first-order valence-corrected chi connectivity index (χ1v) is 13.2. The van der Waals surface area contributed by atoms with E-state index >= 15 is 0 Å². The molecule has 1 fully saturated rings. The van der Waals surface area contributed by atoms with Gasteiger partial charge in [0.2, 0.25) is 0 Å². The van der Waals surface area contributed by atoms with E-state index in [0.717, 1.165) is 19.3 Å². The number of carbonyl (C=O) groups is 1. The Morgan fingerprint density at radius 2 is 1.93 bits per heavy atom. The number of carboxylic acid groups (broad SMARTS) is 1. The summed E-state index contributed by atoms with van der Waals surface area (Å²) in [5.41, 5.74) is 0. The van der Waals surface area contributed by atoms with E-state index in [0.29, 0.717) is 12.8 Å². The van der Waals surface area contributed by atoms with Crippen LogP contribution in [0.2, 0.25) is 18.1 Å². The van der Waals surface area contributed by atoms with E-state index in [9.17, 15) is 20.1 Å². The van der Waals surface area contributed by atoms with Gasteiger partial charge in [-0.15, -0.1) is 0 Å². The summed E-state index contributed by atoms with van der Waals surface area (Å²) in [6, 6.07) is 0. The highest BCUT2D eigenvalue weighted by Gasteiger charge is 2.47. The molecule has 5 nitrogen and oxygen atoms in total. The third kappa shape index (κ3) is 7.33. The molecule has 3 N–H and O–H groups in total. The summed E-state index contributed by atoms with van der Waals surface area (Å²) in [6.45, 7) is 13.0. The topological polar surface area (TPSA) is 87.0 Å². The van der Waals surface area contributed by atoms with Gasteiger partial charge >= 0.3 is 5.97 Å². The molecule has 0 aliphatic heterocycles. The second-order valence-electron chi connectivity index (χ2n) is 9.51. The van der Waals surface area contributed by atoms with Gasteiger partial charge in [0.25, 0.3) is 0 Å². The molecule has 5 atom stereocenters. The lowest BCUT2D eigenvalue weighted by Crippen LogP contribution is -2.45. The third-order valence-electron chi connectivity index (χ3n) is 6.21. The summed E-state index contributed by atoms with van der Waals surface area (Å²) in [6.07, 6.45) is 6.48. The average molecular weight is 401 g/mol. The lowest BCUT2D eigenvalue weighted by atomic mass is 9.90. The molecule has 27 heavy (non-hydrogen) atoms. The maximum atomic E-state index is 11.3. The number of hydrogen-bond donors (Lipinski definition) is 3. The Hall–Kier alpha value is -0.693. The van der Waals surface area contributed by atoms with Crippen LogP contribution in [0.15, 0.2) is 12.2 Å². The monoisotopic (exact) mass is 400 g/mol. The molecule has 0 spiro atoms. The fraction of sp³-hybridized carbons (Fsp3) is 0.857. The molecule has 0 saturated heterocycles. The molecule has 158 valence electrons. The van der Waals surface area contributed by atoms with Gasteiger partial charge in [-0.05, 0) is 31.0 Å². The van der Waals surface area contributed by atoms with Crippen molar-refractivity contribution < 1.29 is 24.5 Å².